The van der Waals surface area contributed by atoms with Gasteiger partial charge in [-0.05, 0) is 31.6 Å². The van der Waals surface area contributed by atoms with Gasteiger partial charge >= 0.3 is 0 Å². The molecule has 1 aliphatic carbocycles. The Balaban J connectivity index is 2.24. The van der Waals surface area contributed by atoms with Gasteiger partial charge in [-0.3, -0.25) is 0 Å². The fourth-order valence-electron chi connectivity index (χ4n) is 2.37. The van der Waals surface area contributed by atoms with E-state index >= 15 is 0 Å². The van der Waals surface area contributed by atoms with Crippen LogP contribution >= 0.6 is 0 Å². The van der Waals surface area contributed by atoms with Crippen LogP contribution in [0, 0.1) is 10.8 Å². The summed E-state index contributed by atoms with van der Waals surface area (Å²) in [6, 6.07) is 0.485. The molecule has 0 amide bonds. The third kappa shape index (κ3) is 3.43. The van der Waals surface area contributed by atoms with E-state index in [2.05, 4.69) is 33.0 Å². The Hall–Kier alpha value is -0.120. The predicted molar refractivity (Wildman–Crippen MR) is 71.1 cm³/mol. The second-order valence-corrected chi connectivity index (χ2v) is 7.36. The summed E-state index contributed by atoms with van der Waals surface area (Å²) in [6.07, 6.45) is -0.429. The Bertz CT molecular complexity index is 252. The van der Waals surface area contributed by atoms with Crippen molar-refractivity contribution in [3.8, 4) is 0 Å². The number of aliphatic hydroxyl groups excluding tert-OH is 1. The molecule has 1 aliphatic rings. The Morgan fingerprint density at radius 2 is 1.65 bits per heavy atom. The van der Waals surface area contributed by atoms with Crippen molar-refractivity contribution in [2.45, 2.75) is 66.2 Å². The monoisotopic (exact) mass is 243 g/mol. The summed E-state index contributed by atoms with van der Waals surface area (Å²) in [7, 11) is 0. The van der Waals surface area contributed by atoms with Gasteiger partial charge in [0.15, 0.2) is 0 Å². The zero-order valence-corrected chi connectivity index (χ0v) is 12.4. The molecular formula is C14H29NO2. The highest BCUT2D eigenvalue weighted by Crippen LogP contribution is 2.62. The van der Waals surface area contributed by atoms with E-state index in [-0.39, 0.29) is 5.60 Å². The van der Waals surface area contributed by atoms with Crippen molar-refractivity contribution in [3.63, 3.8) is 0 Å². The van der Waals surface area contributed by atoms with E-state index in [0.29, 0.717) is 30.0 Å². The summed E-state index contributed by atoms with van der Waals surface area (Å²) in [6.45, 7) is 16.1. The maximum absolute atomic E-state index is 9.84. The third-order valence-corrected chi connectivity index (χ3v) is 4.29. The molecular weight excluding hydrogens is 214 g/mol. The van der Waals surface area contributed by atoms with E-state index in [1.807, 2.05) is 20.8 Å². The van der Waals surface area contributed by atoms with Crippen LogP contribution in [0.2, 0.25) is 0 Å². The predicted octanol–water partition coefficient (Wildman–Crippen LogP) is 2.19. The summed E-state index contributed by atoms with van der Waals surface area (Å²) >= 11 is 0. The molecule has 0 saturated heterocycles. The van der Waals surface area contributed by atoms with Crippen LogP contribution in [0.1, 0.15) is 48.5 Å². The molecule has 1 saturated carbocycles. The lowest BCUT2D eigenvalue weighted by Gasteiger charge is -2.22. The molecule has 1 fully saturated rings. The molecule has 3 nitrogen and oxygen atoms in total. The lowest BCUT2D eigenvalue weighted by atomic mass is 10.0. The van der Waals surface area contributed by atoms with Crippen molar-refractivity contribution in [2.75, 3.05) is 13.2 Å². The highest BCUT2D eigenvalue weighted by atomic mass is 16.5. The molecule has 0 heterocycles. The quantitative estimate of drug-likeness (QED) is 0.777. The fourth-order valence-corrected chi connectivity index (χ4v) is 2.37. The van der Waals surface area contributed by atoms with Gasteiger partial charge in [-0.25, -0.2) is 0 Å². The molecule has 17 heavy (non-hydrogen) atoms. The number of hydrogen-bond acceptors (Lipinski definition) is 3. The van der Waals surface area contributed by atoms with Crippen molar-refractivity contribution < 1.29 is 9.84 Å². The van der Waals surface area contributed by atoms with Crippen molar-refractivity contribution in [1.82, 2.24) is 5.32 Å². The van der Waals surface area contributed by atoms with Crippen LogP contribution in [-0.2, 0) is 4.74 Å². The van der Waals surface area contributed by atoms with Gasteiger partial charge in [-0.15, -0.1) is 0 Å². The molecule has 3 heteroatoms. The highest BCUT2D eigenvalue weighted by molar-refractivity contribution is 5.17. The van der Waals surface area contributed by atoms with Crippen LogP contribution in [0.5, 0.6) is 0 Å². The lowest BCUT2D eigenvalue weighted by Crippen LogP contribution is -2.36. The first-order chi connectivity index (χ1) is 7.48. The molecule has 0 aromatic heterocycles. The first-order valence-electron chi connectivity index (χ1n) is 6.54. The molecule has 2 N–H and O–H groups in total. The zero-order chi connectivity index (χ0) is 13.5. The van der Waals surface area contributed by atoms with Crippen LogP contribution in [-0.4, -0.2) is 36.0 Å². The summed E-state index contributed by atoms with van der Waals surface area (Å²) in [4.78, 5) is 0. The van der Waals surface area contributed by atoms with Crippen LogP contribution in [0.4, 0.5) is 0 Å². The number of rotatable bonds is 5. The van der Waals surface area contributed by atoms with Gasteiger partial charge in [0, 0.05) is 12.6 Å². The third-order valence-electron chi connectivity index (χ3n) is 4.29. The molecule has 0 aliphatic heterocycles. The number of aliphatic hydroxyl groups is 1. The molecule has 1 rings (SSSR count). The molecule has 0 bridgehead atoms. The molecule has 1 unspecified atom stereocenters. The first-order valence-corrected chi connectivity index (χ1v) is 6.54. The molecule has 1 atom stereocenters. The minimum atomic E-state index is -0.429. The maximum atomic E-state index is 9.84. The molecule has 0 aromatic carbocycles. The van der Waals surface area contributed by atoms with Gasteiger partial charge in [-0.1, -0.05) is 27.7 Å². The van der Waals surface area contributed by atoms with Gasteiger partial charge in [0.25, 0.3) is 0 Å². The number of hydrogen-bond donors (Lipinski definition) is 2. The average Bonchev–Trinajstić information content (AvgIpc) is 2.50. The van der Waals surface area contributed by atoms with Crippen LogP contribution in [0.25, 0.3) is 0 Å². The van der Waals surface area contributed by atoms with Crippen molar-refractivity contribution in [1.29, 1.82) is 0 Å². The largest absolute Gasteiger partial charge is 0.389 e. The standard InChI is InChI=1S/C14H29NO2/c1-12(2,3)17-9-10(16)8-15-11-13(4,5)14(11,6)7/h10-11,15-16H,8-9H2,1-7H3. The second-order valence-electron chi connectivity index (χ2n) is 7.36. The average molecular weight is 243 g/mol. The summed E-state index contributed by atoms with van der Waals surface area (Å²) in [5, 5.41) is 13.3. The van der Waals surface area contributed by atoms with E-state index in [1.54, 1.807) is 0 Å². The van der Waals surface area contributed by atoms with Gasteiger partial charge in [0.1, 0.15) is 0 Å². The number of nitrogens with one attached hydrogen (secondary N) is 1. The van der Waals surface area contributed by atoms with E-state index < -0.39 is 6.10 Å². The zero-order valence-electron chi connectivity index (χ0n) is 12.4. The Morgan fingerprint density at radius 1 is 1.18 bits per heavy atom. The maximum Gasteiger partial charge on any atom is 0.0898 e. The van der Waals surface area contributed by atoms with Crippen molar-refractivity contribution in [2.24, 2.45) is 10.8 Å². The minimum Gasteiger partial charge on any atom is -0.389 e. The Labute approximate surface area is 106 Å². The van der Waals surface area contributed by atoms with Gasteiger partial charge in [-0.2, -0.15) is 0 Å². The van der Waals surface area contributed by atoms with E-state index in [1.165, 1.54) is 0 Å². The summed E-state index contributed by atoms with van der Waals surface area (Å²) in [5.74, 6) is 0. The number of ether oxygens (including phenoxy) is 1. The Kier molecular flexibility index (Phi) is 3.98. The van der Waals surface area contributed by atoms with Crippen LogP contribution < -0.4 is 5.32 Å². The van der Waals surface area contributed by atoms with Crippen molar-refractivity contribution in [3.05, 3.63) is 0 Å². The van der Waals surface area contributed by atoms with E-state index in [0.717, 1.165) is 0 Å². The van der Waals surface area contributed by atoms with Crippen LogP contribution in [0.15, 0.2) is 0 Å². The SMILES string of the molecule is CC(C)(C)OCC(O)CNC1C(C)(C)C1(C)C. The van der Waals surface area contributed by atoms with Gasteiger partial charge < -0.3 is 15.2 Å². The summed E-state index contributed by atoms with van der Waals surface area (Å²) < 4.78 is 5.56. The molecule has 0 aromatic rings. The molecule has 0 radical (unpaired) electrons. The molecule has 102 valence electrons. The first kappa shape index (κ1) is 14.9. The van der Waals surface area contributed by atoms with Crippen molar-refractivity contribution >= 4 is 0 Å². The second kappa shape index (κ2) is 4.52. The Morgan fingerprint density at radius 3 is 2.00 bits per heavy atom. The molecule has 0 spiro atoms. The topological polar surface area (TPSA) is 41.5 Å². The lowest BCUT2D eigenvalue weighted by molar-refractivity contribution is -0.0481. The summed E-state index contributed by atoms with van der Waals surface area (Å²) in [5.41, 5.74) is 0.453. The highest BCUT2D eigenvalue weighted by Gasteiger charge is 2.64. The van der Waals surface area contributed by atoms with E-state index in [4.69, 9.17) is 4.74 Å². The van der Waals surface area contributed by atoms with Crippen LogP contribution in [0.3, 0.4) is 0 Å². The fraction of sp³-hybridized carbons (Fsp3) is 1.00. The van der Waals surface area contributed by atoms with E-state index in [9.17, 15) is 5.11 Å². The minimum absolute atomic E-state index is 0.181. The normalized spacial score (nSPS) is 24.7. The smallest absolute Gasteiger partial charge is 0.0898 e. The van der Waals surface area contributed by atoms with Gasteiger partial charge in [0.05, 0.1) is 18.3 Å². The van der Waals surface area contributed by atoms with Gasteiger partial charge in [0.2, 0.25) is 0 Å².